The Balaban J connectivity index is 1.24. The first-order chi connectivity index (χ1) is 16.5. The van der Waals surface area contributed by atoms with E-state index in [4.69, 9.17) is 10.00 Å². The molecule has 34 heavy (non-hydrogen) atoms. The maximum atomic E-state index is 12.9. The van der Waals surface area contributed by atoms with Crippen molar-refractivity contribution >= 4 is 17.4 Å². The third-order valence-electron chi connectivity index (χ3n) is 6.66. The van der Waals surface area contributed by atoms with Crippen LogP contribution in [0.3, 0.4) is 0 Å². The van der Waals surface area contributed by atoms with Gasteiger partial charge in [0.25, 0.3) is 5.56 Å². The van der Waals surface area contributed by atoms with Gasteiger partial charge in [-0.1, -0.05) is 6.92 Å². The summed E-state index contributed by atoms with van der Waals surface area (Å²) in [6.45, 7) is 8.16. The van der Waals surface area contributed by atoms with Crippen LogP contribution in [-0.4, -0.2) is 78.0 Å². The van der Waals surface area contributed by atoms with Crippen LogP contribution in [0.4, 0.5) is 11.5 Å². The maximum Gasteiger partial charge on any atom is 0.269 e. The number of hydrogen-bond acceptors (Lipinski definition) is 8. The Morgan fingerprint density at radius 2 is 2.06 bits per heavy atom. The number of aromatic amines is 1. The molecule has 4 rings (SSSR count). The van der Waals surface area contributed by atoms with Crippen LogP contribution in [0.25, 0.3) is 0 Å². The number of amides is 1. The van der Waals surface area contributed by atoms with Gasteiger partial charge in [0.2, 0.25) is 5.91 Å². The molecule has 1 amide bonds. The lowest BCUT2D eigenvalue weighted by atomic mass is 10.1. The molecule has 0 aromatic carbocycles. The van der Waals surface area contributed by atoms with Gasteiger partial charge in [0, 0.05) is 44.5 Å². The Morgan fingerprint density at radius 1 is 1.26 bits per heavy atom. The summed E-state index contributed by atoms with van der Waals surface area (Å²) in [6, 6.07) is 5.86. The summed E-state index contributed by atoms with van der Waals surface area (Å²) in [6.07, 6.45) is 5.30. The normalized spacial score (nSPS) is 19.2. The molecule has 1 N–H and O–H groups in total. The van der Waals surface area contributed by atoms with Crippen LogP contribution in [0.15, 0.2) is 29.3 Å². The molecule has 2 atom stereocenters. The molecule has 0 spiro atoms. The number of anilines is 2. The van der Waals surface area contributed by atoms with Gasteiger partial charge in [-0.2, -0.15) is 10.4 Å². The minimum absolute atomic E-state index is 0.102. The van der Waals surface area contributed by atoms with Crippen molar-refractivity contribution in [3.63, 3.8) is 0 Å². The van der Waals surface area contributed by atoms with Gasteiger partial charge < -0.3 is 19.4 Å². The Hall–Kier alpha value is -3.45. The fraction of sp³-hybridized carbons (Fsp3) is 0.542. The Morgan fingerprint density at radius 3 is 2.76 bits per heavy atom. The molecule has 10 nitrogen and oxygen atoms in total. The number of nitriles is 1. The van der Waals surface area contributed by atoms with Crippen molar-refractivity contribution in [2.45, 2.75) is 32.7 Å². The molecule has 0 aliphatic carbocycles. The second kappa shape index (κ2) is 10.7. The van der Waals surface area contributed by atoms with Crippen molar-refractivity contribution in [2.75, 3.05) is 55.7 Å². The number of carbonyl (C=O) groups is 1. The zero-order valence-electron chi connectivity index (χ0n) is 19.7. The minimum Gasteiger partial charge on any atom is -0.379 e. The number of pyridine rings is 1. The van der Waals surface area contributed by atoms with Gasteiger partial charge in [0.05, 0.1) is 42.6 Å². The average molecular weight is 466 g/mol. The van der Waals surface area contributed by atoms with E-state index in [0.29, 0.717) is 50.5 Å². The number of rotatable bonds is 7. The third kappa shape index (κ3) is 5.20. The highest BCUT2D eigenvalue weighted by Crippen LogP contribution is 2.26. The molecule has 0 bridgehead atoms. The van der Waals surface area contributed by atoms with Gasteiger partial charge in [0.15, 0.2) is 0 Å². The van der Waals surface area contributed by atoms with E-state index in [2.05, 4.69) is 31.1 Å². The van der Waals surface area contributed by atoms with Gasteiger partial charge in [0.1, 0.15) is 11.9 Å². The lowest BCUT2D eigenvalue weighted by molar-refractivity contribution is -0.137. The summed E-state index contributed by atoms with van der Waals surface area (Å²) in [4.78, 5) is 35.4. The lowest BCUT2D eigenvalue weighted by Gasteiger charge is -2.36. The molecule has 2 aromatic heterocycles. The van der Waals surface area contributed by atoms with Crippen molar-refractivity contribution in [1.29, 1.82) is 5.26 Å². The molecule has 0 saturated carbocycles. The second-order valence-electron chi connectivity index (χ2n) is 8.97. The van der Waals surface area contributed by atoms with Crippen LogP contribution in [0.2, 0.25) is 0 Å². The smallest absolute Gasteiger partial charge is 0.269 e. The van der Waals surface area contributed by atoms with E-state index >= 15 is 0 Å². The van der Waals surface area contributed by atoms with Crippen LogP contribution in [-0.2, 0) is 9.53 Å². The molecule has 2 aliphatic rings. The van der Waals surface area contributed by atoms with Crippen LogP contribution >= 0.6 is 0 Å². The standard InChI is InChI=1S/C24H31N7O3/c1-17(15-34-16-20-4-3-7-31(20)21-14-27-28-23(32)18(21)2)24(33)30-10-8-29(9-11-30)22-6-5-19(12-25)13-26-22/h5-6,13-14,17,20H,3-4,7-11,15-16H2,1-2H3,(H,28,32)/t17-,20+/m1/s1. The number of carbonyl (C=O) groups excluding carboxylic acids is 1. The van der Waals surface area contributed by atoms with Crippen LogP contribution in [0, 0.1) is 24.2 Å². The molecule has 0 unspecified atom stereocenters. The van der Waals surface area contributed by atoms with E-state index in [1.165, 1.54) is 0 Å². The van der Waals surface area contributed by atoms with Gasteiger partial charge in [-0.3, -0.25) is 9.59 Å². The molecule has 4 heterocycles. The highest BCUT2D eigenvalue weighted by molar-refractivity contribution is 5.79. The predicted molar refractivity (Wildman–Crippen MR) is 128 cm³/mol. The van der Waals surface area contributed by atoms with Crippen molar-refractivity contribution in [3.8, 4) is 6.07 Å². The average Bonchev–Trinajstić information content (AvgIpc) is 3.33. The largest absolute Gasteiger partial charge is 0.379 e. The molecule has 10 heteroatoms. The van der Waals surface area contributed by atoms with E-state index in [-0.39, 0.29) is 23.4 Å². The maximum absolute atomic E-state index is 12.9. The third-order valence-corrected chi connectivity index (χ3v) is 6.66. The SMILES string of the molecule is Cc1c(N2CCC[C@H]2COC[C@@H](C)C(=O)N2CCN(c3ccc(C#N)cn3)CC2)cn[nH]c1=O. The van der Waals surface area contributed by atoms with E-state index in [0.717, 1.165) is 30.9 Å². The lowest BCUT2D eigenvalue weighted by Crippen LogP contribution is -2.50. The Bertz CT molecular complexity index is 1090. The minimum atomic E-state index is -0.225. The van der Waals surface area contributed by atoms with Gasteiger partial charge in [-0.25, -0.2) is 10.1 Å². The first-order valence-corrected chi connectivity index (χ1v) is 11.8. The molecule has 2 fully saturated rings. The van der Waals surface area contributed by atoms with E-state index in [9.17, 15) is 9.59 Å². The monoisotopic (exact) mass is 465 g/mol. The summed E-state index contributed by atoms with van der Waals surface area (Å²) >= 11 is 0. The second-order valence-corrected chi connectivity index (χ2v) is 8.97. The number of H-pyrrole nitrogens is 1. The highest BCUT2D eigenvalue weighted by atomic mass is 16.5. The predicted octanol–water partition coefficient (Wildman–Crippen LogP) is 1.32. The zero-order chi connectivity index (χ0) is 24.1. The zero-order valence-corrected chi connectivity index (χ0v) is 19.7. The number of nitrogens with zero attached hydrogens (tertiary/aromatic N) is 6. The quantitative estimate of drug-likeness (QED) is 0.650. The van der Waals surface area contributed by atoms with E-state index in [1.807, 2.05) is 24.8 Å². The van der Waals surface area contributed by atoms with Crippen LogP contribution < -0.4 is 15.4 Å². The van der Waals surface area contributed by atoms with Crippen molar-refractivity contribution < 1.29 is 9.53 Å². The topological polar surface area (TPSA) is 118 Å². The Kier molecular flexibility index (Phi) is 7.43. The summed E-state index contributed by atoms with van der Waals surface area (Å²) in [5.41, 5.74) is 1.89. The van der Waals surface area contributed by atoms with Crippen molar-refractivity contribution in [1.82, 2.24) is 20.1 Å². The molecular weight excluding hydrogens is 434 g/mol. The molecule has 0 radical (unpaired) electrons. The summed E-state index contributed by atoms with van der Waals surface area (Å²) < 4.78 is 5.98. The summed E-state index contributed by atoms with van der Waals surface area (Å²) in [5.74, 6) is 0.706. The number of piperazine rings is 1. The van der Waals surface area contributed by atoms with Gasteiger partial charge >= 0.3 is 0 Å². The molecule has 2 aliphatic heterocycles. The van der Waals surface area contributed by atoms with Crippen molar-refractivity contribution in [2.24, 2.45) is 5.92 Å². The summed E-state index contributed by atoms with van der Waals surface area (Å²) in [7, 11) is 0. The fourth-order valence-electron chi connectivity index (χ4n) is 4.62. The number of hydrogen-bond donors (Lipinski definition) is 1. The van der Waals surface area contributed by atoms with Gasteiger partial charge in [-0.05, 0) is 31.9 Å². The molecule has 180 valence electrons. The number of ether oxygens (including phenoxy) is 1. The Labute approximate surface area is 199 Å². The van der Waals surface area contributed by atoms with Crippen molar-refractivity contribution in [3.05, 3.63) is 46.0 Å². The molecule has 2 saturated heterocycles. The first-order valence-electron chi connectivity index (χ1n) is 11.8. The van der Waals surface area contributed by atoms with Crippen LogP contribution in [0.1, 0.15) is 30.9 Å². The summed E-state index contributed by atoms with van der Waals surface area (Å²) in [5, 5.41) is 15.3. The van der Waals surface area contributed by atoms with Crippen LogP contribution in [0.5, 0.6) is 0 Å². The highest BCUT2D eigenvalue weighted by Gasteiger charge is 2.29. The van der Waals surface area contributed by atoms with Gasteiger partial charge in [-0.15, -0.1) is 0 Å². The number of nitrogens with one attached hydrogen (secondary N) is 1. The number of aromatic nitrogens is 3. The fourth-order valence-corrected chi connectivity index (χ4v) is 4.62. The first kappa shape index (κ1) is 23.7. The molecular formula is C24H31N7O3. The van der Waals surface area contributed by atoms with E-state index < -0.39 is 0 Å². The molecule has 2 aromatic rings. The van der Waals surface area contributed by atoms with E-state index in [1.54, 1.807) is 18.5 Å².